The van der Waals surface area contributed by atoms with E-state index < -0.39 is 11.8 Å². The number of esters is 1. The van der Waals surface area contributed by atoms with Crippen LogP contribution in [0.1, 0.15) is 26.7 Å². The Morgan fingerprint density at radius 1 is 1.58 bits per heavy atom. The molecule has 0 bridgehead atoms. The van der Waals surface area contributed by atoms with Crippen molar-refractivity contribution in [2.24, 2.45) is 5.92 Å². The third-order valence-corrected chi connectivity index (χ3v) is 1.99. The van der Waals surface area contributed by atoms with Crippen molar-refractivity contribution in [3.05, 3.63) is 11.4 Å². The summed E-state index contributed by atoms with van der Waals surface area (Å²) in [7, 11) is 0. The summed E-state index contributed by atoms with van der Waals surface area (Å²) in [6.07, 6.45) is 2.00. The summed E-state index contributed by atoms with van der Waals surface area (Å²) in [5.41, 5.74) is 0.549. The molecule has 12 heavy (non-hydrogen) atoms. The molecule has 1 saturated carbocycles. The zero-order valence-electron chi connectivity index (χ0n) is 7.39. The van der Waals surface area contributed by atoms with Crippen LogP contribution >= 0.6 is 0 Å². The molecule has 3 heteroatoms. The minimum absolute atomic E-state index is 0.226. The topological polar surface area (TPSA) is 26.3 Å². The van der Waals surface area contributed by atoms with Gasteiger partial charge in [-0.05, 0) is 38.2 Å². The summed E-state index contributed by atoms with van der Waals surface area (Å²) >= 11 is 0. The quantitative estimate of drug-likeness (QED) is 0.482. The fourth-order valence-electron chi connectivity index (χ4n) is 1.05. The van der Waals surface area contributed by atoms with E-state index in [4.69, 9.17) is 0 Å². The van der Waals surface area contributed by atoms with E-state index in [2.05, 4.69) is 4.74 Å². The van der Waals surface area contributed by atoms with E-state index in [0.29, 0.717) is 5.57 Å². The Labute approximate surface area is 71.4 Å². The number of hydrogen-bond acceptors (Lipinski definition) is 2. The first-order chi connectivity index (χ1) is 5.66. The number of hydrogen-bond donors (Lipinski definition) is 0. The highest BCUT2D eigenvalue weighted by Gasteiger charge is 2.28. The molecule has 0 heterocycles. The molecule has 0 atom stereocenters. The molecule has 0 aliphatic heterocycles. The van der Waals surface area contributed by atoms with Crippen molar-refractivity contribution >= 4 is 5.97 Å². The highest BCUT2D eigenvalue weighted by Crippen LogP contribution is 2.38. The van der Waals surface area contributed by atoms with Gasteiger partial charge in [-0.25, -0.2) is 4.79 Å². The third-order valence-electron chi connectivity index (χ3n) is 1.99. The van der Waals surface area contributed by atoms with Gasteiger partial charge >= 0.3 is 5.97 Å². The summed E-state index contributed by atoms with van der Waals surface area (Å²) in [6.45, 7) is 3.55. The second-order valence-electron chi connectivity index (χ2n) is 2.99. The number of carbonyl (C=O) groups excluding carboxylic acids is 1. The highest BCUT2D eigenvalue weighted by atomic mass is 19.1. The van der Waals surface area contributed by atoms with Crippen LogP contribution in [0.3, 0.4) is 0 Å². The molecule has 0 unspecified atom stereocenters. The lowest BCUT2D eigenvalue weighted by atomic mass is 10.2. The van der Waals surface area contributed by atoms with Crippen molar-refractivity contribution in [3.8, 4) is 0 Å². The molecule has 0 aromatic carbocycles. The molecule has 68 valence electrons. The summed E-state index contributed by atoms with van der Waals surface area (Å²) in [4.78, 5) is 10.9. The van der Waals surface area contributed by atoms with E-state index in [-0.39, 0.29) is 12.5 Å². The van der Waals surface area contributed by atoms with Crippen molar-refractivity contribution in [3.63, 3.8) is 0 Å². The van der Waals surface area contributed by atoms with E-state index in [1.807, 2.05) is 0 Å². The normalized spacial score (nSPS) is 18.6. The Morgan fingerprint density at radius 2 is 2.17 bits per heavy atom. The number of ether oxygens (including phenoxy) is 1. The van der Waals surface area contributed by atoms with Gasteiger partial charge in [-0.1, -0.05) is 0 Å². The molecule has 0 amide bonds. The first-order valence-electron chi connectivity index (χ1n) is 4.20. The van der Waals surface area contributed by atoms with Gasteiger partial charge in [0.05, 0.1) is 6.61 Å². The average molecular weight is 172 g/mol. The molecule has 1 aliphatic rings. The van der Waals surface area contributed by atoms with E-state index in [0.717, 1.165) is 12.8 Å². The zero-order chi connectivity index (χ0) is 9.14. The summed E-state index contributed by atoms with van der Waals surface area (Å²) in [5.74, 6) is -1.23. The predicted octanol–water partition coefficient (Wildman–Crippen LogP) is 2.20. The molecule has 0 aromatic rings. The largest absolute Gasteiger partial charge is 0.461 e. The third kappa shape index (κ3) is 2.06. The van der Waals surface area contributed by atoms with Gasteiger partial charge < -0.3 is 4.74 Å². The minimum Gasteiger partial charge on any atom is -0.461 e. The number of rotatable bonds is 3. The number of allylic oxidation sites excluding steroid dienone is 1. The molecule has 0 radical (unpaired) electrons. The lowest BCUT2D eigenvalue weighted by molar-refractivity contribution is -0.140. The van der Waals surface area contributed by atoms with Crippen molar-refractivity contribution in [2.45, 2.75) is 26.7 Å². The van der Waals surface area contributed by atoms with Gasteiger partial charge in [-0.2, -0.15) is 4.39 Å². The van der Waals surface area contributed by atoms with Gasteiger partial charge in [-0.3, -0.25) is 0 Å². The van der Waals surface area contributed by atoms with Crippen LogP contribution in [-0.2, 0) is 9.53 Å². The van der Waals surface area contributed by atoms with Crippen LogP contribution in [0.25, 0.3) is 0 Å². The van der Waals surface area contributed by atoms with Gasteiger partial charge in [0.1, 0.15) is 0 Å². The maximum Gasteiger partial charge on any atom is 0.367 e. The second-order valence-corrected chi connectivity index (χ2v) is 2.99. The first-order valence-corrected chi connectivity index (χ1v) is 4.20. The fourth-order valence-corrected chi connectivity index (χ4v) is 1.05. The van der Waals surface area contributed by atoms with Gasteiger partial charge in [-0.15, -0.1) is 0 Å². The molecular weight excluding hydrogens is 159 g/mol. The van der Waals surface area contributed by atoms with Crippen LogP contribution in [0.5, 0.6) is 0 Å². The molecule has 1 aliphatic carbocycles. The lowest BCUT2D eigenvalue weighted by Crippen LogP contribution is -2.06. The van der Waals surface area contributed by atoms with E-state index in [9.17, 15) is 9.18 Å². The Hall–Kier alpha value is -0.860. The molecule has 2 nitrogen and oxygen atoms in total. The highest BCUT2D eigenvalue weighted by molar-refractivity contribution is 5.86. The van der Waals surface area contributed by atoms with Gasteiger partial charge in [0.25, 0.3) is 0 Å². The van der Waals surface area contributed by atoms with Crippen LogP contribution in [0.4, 0.5) is 4.39 Å². The number of halogens is 1. The first kappa shape index (κ1) is 9.23. The van der Waals surface area contributed by atoms with E-state index in [1.54, 1.807) is 13.8 Å². The van der Waals surface area contributed by atoms with Gasteiger partial charge in [0.2, 0.25) is 5.83 Å². The molecule has 0 aromatic heterocycles. The molecule has 0 saturated heterocycles. The Kier molecular flexibility index (Phi) is 2.84. The van der Waals surface area contributed by atoms with Crippen molar-refractivity contribution < 1.29 is 13.9 Å². The SMILES string of the molecule is CCOC(=O)C(F)=C(C)C1CC1. The molecular formula is C9H13FO2. The lowest BCUT2D eigenvalue weighted by Gasteiger charge is -2.01. The average Bonchev–Trinajstić information content (AvgIpc) is 2.84. The summed E-state index contributed by atoms with van der Waals surface area (Å²) in [5, 5.41) is 0. The van der Waals surface area contributed by atoms with Crippen LogP contribution in [0, 0.1) is 5.92 Å². The van der Waals surface area contributed by atoms with Gasteiger partial charge in [0.15, 0.2) is 0 Å². The maximum absolute atomic E-state index is 13.1. The minimum atomic E-state index is -0.818. The van der Waals surface area contributed by atoms with Crippen molar-refractivity contribution in [2.75, 3.05) is 6.61 Å². The Morgan fingerprint density at radius 3 is 2.58 bits per heavy atom. The summed E-state index contributed by atoms with van der Waals surface area (Å²) < 4.78 is 17.6. The fraction of sp³-hybridized carbons (Fsp3) is 0.667. The summed E-state index contributed by atoms with van der Waals surface area (Å²) in [6, 6.07) is 0. The molecule has 0 N–H and O–H groups in total. The van der Waals surface area contributed by atoms with Gasteiger partial charge in [0, 0.05) is 0 Å². The Bertz CT molecular complexity index is 217. The van der Waals surface area contributed by atoms with Crippen LogP contribution in [0.15, 0.2) is 11.4 Å². The maximum atomic E-state index is 13.1. The van der Waals surface area contributed by atoms with Crippen LogP contribution < -0.4 is 0 Å². The standard InChI is InChI=1S/C9H13FO2/c1-3-12-9(11)8(10)6(2)7-4-5-7/h7H,3-5H2,1-2H3. The monoisotopic (exact) mass is 172 g/mol. The molecule has 1 fully saturated rings. The van der Waals surface area contributed by atoms with E-state index >= 15 is 0 Å². The van der Waals surface area contributed by atoms with E-state index in [1.165, 1.54) is 0 Å². The Balaban J connectivity index is 2.59. The zero-order valence-corrected chi connectivity index (χ0v) is 7.39. The number of carbonyl (C=O) groups is 1. The molecule has 0 spiro atoms. The van der Waals surface area contributed by atoms with Crippen molar-refractivity contribution in [1.82, 2.24) is 0 Å². The van der Waals surface area contributed by atoms with Crippen molar-refractivity contribution in [1.29, 1.82) is 0 Å². The second kappa shape index (κ2) is 3.70. The van der Waals surface area contributed by atoms with Crippen LogP contribution in [-0.4, -0.2) is 12.6 Å². The van der Waals surface area contributed by atoms with Crippen LogP contribution in [0.2, 0.25) is 0 Å². The smallest absolute Gasteiger partial charge is 0.367 e. The molecule has 1 rings (SSSR count). The predicted molar refractivity (Wildman–Crippen MR) is 43.2 cm³/mol.